The number of nitrogens with zero attached hydrogens (tertiary/aromatic N) is 1. The topological polar surface area (TPSA) is 52.8 Å². The second kappa shape index (κ2) is 13.1. The summed E-state index contributed by atoms with van der Waals surface area (Å²) in [4.78, 5) is 0. The van der Waals surface area contributed by atoms with Crippen LogP contribution < -0.4 is 0 Å². The highest BCUT2D eigenvalue weighted by atomic mass is 16.4. The molecule has 0 saturated heterocycles. The molecule has 23 heavy (non-hydrogen) atoms. The van der Waals surface area contributed by atoms with Crippen molar-refractivity contribution < 1.29 is 10.3 Å². The first-order valence-corrected chi connectivity index (χ1v) is 9.23. The van der Waals surface area contributed by atoms with Crippen molar-refractivity contribution in [2.75, 3.05) is 6.61 Å². The molecule has 0 saturated carbocycles. The van der Waals surface area contributed by atoms with Crippen molar-refractivity contribution >= 4 is 5.71 Å². The number of benzene rings is 1. The van der Waals surface area contributed by atoms with Crippen LogP contribution in [0.3, 0.4) is 0 Å². The van der Waals surface area contributed by atoms with Crippen LogP contribution in [0.5, 0.6) is 0 Å². The van der Waals surface area contributed by atoms with Crippen LogP contribution in [-0.4, -0.2) is 22.6 Å². The fourth-order valence-electron chi connectivity index (χ4n) is 2.99. The summed E-state index contributed by atoms with van der Waals surface area (Å²) in [6.07, 6.45) is 14.3. The molecule has 0 amide bonds. The van der Waals surface area contributed by atoms with Gasteiger partial charge in [0.2, 0.25) is 0 Å². The fourth-order valence-corrected chi connectivity index (χ4v) is 2.99. The molecule has 0 spiro atoms. The average Bonchev–Trinajstić information content (AvgIpc) is 2.59. The highest BCUT2D eigenvalue weighted by molar-refractivity contribution is 6.02. The van der Waals surface area contributed by atoms with Gasteiger partial charge >= 0.3 is 0 Å². The van der Waals surface area contributed by atoms with Crippen molar-refractivity contribution in [1.82, 2.24) is 0 Å². The molecule has 1 aromatic rings. The third-order valence-electron chi connectivity index (χ3n) is 4.40. The van der Waals surface area contributed by atoms with E-state index >= 15 is 0 Å². The lowest BCUT2D eigenvalue weighted by molar-refractivity contribution is 0.303. The first-order valence-electron chi connectivity index (χ1n) is 9.23. The van der Waals surface area contributed by atoms with Gasteiger partial charge in [-0.05, 0) is 18.4 Å². The van der Waals surface area contributed by atoms with Crippen LogP contribution >= 0.6 is 0 Å². The molecule has 0 atom stereocenters. The molecule has 3 heteroatoms. The molecule has 0 aromatic heterocycles. The Balaban J connectivity index is 2.19. The number of hydrogen-bond donors (Lipinski definition) is 2. The molecular weight excluding hydrogens is 286 g/mol. The Bertz CT molecular complexity index is 443. The monoisotopic (exact) mass is 319 g/mol. The maximum atomic E-state index is 9.26. The second-order valence-electron chi connectivity index (χ2n) is 6.29. The van der Waals surface area contributed by atoms with Gasteiger partial charge in [-0.2, -0.15) is 0 Å². The van der Waals surface area contributed by atoms with Crippen molar-refractivity contribution in [3.63, 3.8) is 0 Å². The number of aryl methyl sites for hydroxylation is 1. The van der Waals surface area contributed by atoms with Crippen LogP contribution in [0.25, 0.3) is 0 Å². The highest BCUT2D eigenvalue weighted by Crippen LogP contribution is 2.16. The van der Waals surface area contributed by atoms with Crippen molar-refractivity contribution in [2.24, 2.45) is 5.16 Å². The van der Waals surface area contributed by atoms with E-state index in [4.69, 9.17) is 5.21 Å². The van der Waals surface area contributed by atoms with E-state index < -0.39 is 0 Å². The van der Waals surface area contributed by atoms with Crippen LogP contribution in [-0.2, 0) is 6.42 Å². The van der Waals surface area contributed by atoms with Gasteiger partial charge < -0.3 is 10.3 Å². The number of aliphatic hydroxyl groups is 1. The molecule has 2 N–H and O–H groups in total. The number of oxime groups is 1. The summed E-state index contributed by atoms with van der Waals surface area (Å²) in [6, 6.07) is 7.89. The van der Waals surface area contributed by atoms with Crippen molar-refractivity contribution in [3.8, 4) is 0 Å². The van der Waals surface area contributed by atoms with E-state index in [1.807, 2.05) is 18.2 Å². The molecule has 0 aliphatic carbocycles. The summed E-state index contributed by atoms with van der Waals surface area (Å²) in [5.74, 6) is 0. The molecule has 0 fully saturated rings. The maximum absolute atomic E-state index is 9.26. The van der Waals surface area contributed by atoms with Crippen LogP contribution in [0, 0.1) is 0 Å². The zero-order valence-electron chi connectivity index (χ0n) is 14.6. The molecule has 3 nitrogen and oxygen atoms in total. The lowest BCUT2D eigenvalue weighted by atomic mass is 9.97. The Kier molecular flexibility index (Phi) is 11.2. The summed E-state index contributed by atoms with van der Waals surface area (Å²) in [5, 5.41) is 21.4. The van der Waals surface area contributed by atoms with E-state index in [9.17, 15) is 5.11 Å². The number of aliphatic hydroxyl groups excluding tert-OH is 1. The van der Waals surface area contributed by atoms with Gasteiger partial charge in [-0.25, -0.2) is 0 Å². The molecule has 1 rings (SSSR count). The second-order valence-corrected chi connectivity index (χ2v) is 6.29. The third-order valence-corrected chi connectivity index (χ3v) is 4.40. The molecule has 0 unspecified atom stereocenters. The molecule has 0 heterocycles. The lowest BCUT2D eigenvalue weighted by Crippen LogP contribution is -2.09. The van der Waals surface area contributed by atoms with Crippen LogP contribution in [0.15, 0.2) is 29.4 Å². The predicted octanol–water partition coefficient (Wildman–Crippen LogP) is 5.32. The highest BCUT2D eigenvalue weighted by Gasteiger charge is 2.08. The van der Waals surface area contributed by atoms with Gasteiger partial charge in [0.15, 0.2) is 0 Å². The smallest absolute Gasteiger partial charge is 0.112 e. The number of rotatable bonds is 13. The first-order chi connectivity index (χ1) is 11.3. The molecular formula is C20H33NO2. The Morgan fingerprint density at radius 3 is 2.00 bits per heavy atom. The van der Waals surface area contributed by atoms with Gasteiger partial charge in [0, 0.05) is 5.56 Å². The predicted molar refractivity (Wildman–Crippen MR) is 97.4 cm³/mol. The summed E-state index contributed by atoms with van der Waals surface area (Å²) < 4.78 is 0. The minimum absolute atomic E-state index is 0.231. The van der Waals surface area contributed by atoms with E-state index in [0.717, 1.165) is 24.0 Å². The Hall–Kier alpha value is -1.35. The minimum Gasteiger partial charge on any atom is -0.411 e. The zero-order valence-corrected chi connectivity index (χ0v) is 14.6. The quantitative estimate of drug-likeness (QED) is 0.224. The van der Waals surface area contributed by atoms with Crippen LogP contribution in [0.1, 0.15) is 82.3 Å². The van der Waals surface area contributed by atoms with E-state index in [1.165, 1.54) is 57.8 Å². The van der Waals surface area contributed by atoms with Gasteiger partial charge in [-0.3, -0.25) is 0 Å². The van der Waals surface area contributed by atoms with Gasteiger partial charge in [-0.1, -0.05) is 94.1 Å². The minimum atomic E-state index is -0.231. The molecule has 1 aromatic carbocycles. The van der Waals surface area contributed by atoms with Gasteiger partial charge in [0.25, 0.3) is 0 Å². The van der Waals surface area contributed by atoms with Crippen LogP contribution in [0.4, 0.5) is 0 Å². The summed E-state index contributed by atoms with van der Waals surface area (Å²) >= 11 is 0. The fraction of sp³-hybridized carbons (Fsp3) is 0.650. The summed E-state index contributed by atoms with van der Waals surface area (Å²) in [7, 11) is 0. The Morgan fingerprint density at radius 2 is 1.43 bits per heavy atom. The Morgan fingerprint density at radius 1 is 0.870 bits per heavy atom. The molecule has 0 radical (unpaired) electrons. The SMILES string of the molecule is CCCCCCCCCCCCc1ccccc1C(CO)=NO. The normalized spacial score (nSPS) is 11.8. The Labute approximate surface area is 141 Å². The standard InChI is InChI=1S/C20H33NO2/c1-2-3-4-5-6-7-8-9-10-11-14-18-15-12-13-16-19(18)20(17-22)21-23/h12-13,15-16,22-23H,2-11,14,17H2,1H3. The van der Waals surface area contributed by atoms with E-state index in [0.29, 0.717) is 5.71 Å². The number of hydrogen-bond acceptors (Lipinski definition) is 3. The summed E-state index contributed by atoms with van der Waals surface area (Å²) in [5.41, 5.74) is 2.38. The molecule has 0 bridgehead atoms. The average molecular weight is 319 g/mol. The molecule has 130 valence electrons. The van der Waals surface area contributed by atoms with E-state index in [2.05, 4.69) is 18.1 Å². The van der Waals surface area contributed by atoms with Gasteiger partial charge in [0.05, 0.1) is 6.61 Å². The van der Waals surface area contributed by atoms with Gasteiger partial charge in [0.1, 0.15) is 5.71 Å². The van der Waals surface area contributed by atoms with Crippen LogP contribution in [0.2, 0.25) is 0 Å². The van der Waals surface area contributed by atoms with Crippen molar-refractivity contribution in [3.05, 3.63) is 35.4 Å². The van der Waals surface area contributed by atoms with Gasteiger partial charge in [-0.15, -0.1) is 0 Å². The largest absolute Gasteiger partial charge is 0.411 e. The van der Waals surface area contributed by atoms with E-state index in [-0.39, 0.29) is 6.61 Å². The molecule has 0 aliphatic rings. The first kappa shape index (κ1) is 19.7. The van der Waals surface area contributed by atoms with Crippen molar-refractivity contribution in [1.29, 1.82) is 0 Å². The van der Waals surface area contributed by atoms with Crippen molar-refractivity contribution in [2.45, 2.75) is 77.6 Å². The zero-order chi connectivity index (χ0) is 16.8. The molecule has 0 aliphatic heterocycles. The lowest BCUT2D eigenvalue weighted by Gasteiger charge is -2.09. The van der Waals surface area contributed by atoms with E-state index in [1.54, 1.807) is 0 Å². The summed E-state index contributed by atoms with van der Waals surface area (Å²) in [6.45, 7) is 2.03. The number of unbranched alkanes of at least 4 members (excludes halogenated alkanes) is 9. The maximum Gasteiger partial charge on any atom is 0.112 e. The third kappa shape index (κ3) is 8.17.